The van der Waals surface area contributed by atoms with Gasteiger partial charge in [-0.1, -0.05) is 45.1 Å². The molecule has 0 bridgehead atoms. The number of hydrogen-bond donors (Lipinski definition) is 0. The smallest absolute Gasteiger partial charge is 0.330 e. The molecule has 0 aromatic carbocycles. The number of hydrogen-bond acceptors (Lipinski definition) is 2. The summed E-state index contributed by atoms with van der Waals surface area (Å²) in [5.74, 6) is 1.08. The molecule has 2 fully saturated rings. The van der Waals surface area contributed by atoms with E-state index in [0.29, 0.717) is 5.92 Å². The molecule has 2 aliphatic carbocycles. The lowest BCUT2D eigenvalue weighted by Crippen LogP contribution is -2.41. The lowest BCUT2D eigenvalue weighted by Gasteiger charge is -2.39. The van der Waals surface area contributed by atoms with Crippen LogP contribution in [0.3, 0.4) is 0 Å². The van der Waals surface area contributed by atoms with E-state index in [1.54, 1.807) is 0 Å². The Balaban J connectivity index is 2.18. The van der Waals surface area contributed by atoms with Gasteiger partial charge in [0.15, 0.2) is 0 Å². The molecule has 0 spiro atoms. The Morgan fingerprint density at radius 3 is 2.56 bits per heavy atom. The van der Waals surface area contributed by atoms with E-state index in [4.69, 9.17) is 4.74 Å². The summed E-state index contributed by atoms with van der Waals surface area (Å²) in [5.41, 5.74) is -0.253. The zero-order valence-corrected chi connectivity index (χ0v) is 11.6. The molecule has 0 amide bonds. The topological polar surface area (TPSA) is 26.3 Å². The highest BCUT2D eigenvalue weighted by Gasteiger charge is 2.43. The summed E-state index contributed by atoms with van der Waals surface area (Å²) in [6.45, 7) is 5.68. The summed E-state index contributed by atoms with van der Waals surface area (Å²) in [4.78, 5) is 11.6. The van der Waals surface area contributed by atoms with Crippen molar-refractivity contribution in [3.63, 3.8) is 0 Å². The first-order chi connectivity index (χ1) is 8.65. The predicted molar refractivity (Wildman–Crippen MR) is 73.2 cm³/mol. The van der Waals surface area contributed by atoms with Crippen LogP contribution >= 0.6 is 0 Å². The van der Waals surface area contributed by atoms with E-state index in [-0.39, 0.29) is 11.6 Å². The maximum absolute atomic E-state index is 11.6. The highest BCUT2D eigenvalue weighted by atomic mass is 16.6. The van der Waals surface area contributed by atoms with Gasteiger partial charge in [0.2, 0.25) is 0 Å². The minimum atomic E-state index is -0.253. The van der Waals surface area contributed by atoms with Crippen molar-refractivity contribution in [2.45, 2.75) is 70.3 Å². The zero-order valence-electron chi connectivity index (χ0n) is 11.6. The second-order valence-corrected chi connectivity index (χ2v) is 6.19. The minimum Gasteiger partial charge on any atom is -0.456 e. The molecule has 0 saturated heterocycles. The van der Waals surface area contributed by atoms with Crippen molar-refractivity contribution in [2.24, 2.45) is 11.8 Å². The number of carbonyl (C=O) groups excluding carboxylic acids is 1. The van der Waals surface area contributed by atoms with Gasteiger partial charge < -0.3 is 4.74 Å². The lowest BCUT2D eigenvalue weighted by molar-refractivity contribution is -0.161. The molecule has 0 aromatic heterocycles. The third-order valence-electron chi connectivity index (χ3n) is 4.94. The maximum atomic E-state index is 11.6. The van der Waals surface area contributed by atoms with Crippen LogP contribution in [-0.4, -0.2) is 11.6 Å². The van der Waals surface area contributed by atoms with Gasteiger partial charge in [-0.15, -0.1) is 0 Å². The summed E-state index contributed by atoms with van der Waals surface area (Å²) in [7, 11) is 0. The summed E-state index contributed by atoms with van der Waals surface area (Å²) in [6, 6.07) is 0. The van der Waals surface area contributed by atoms with E-state index >= 15 is 0 Å². The molecule has 2 aliphatic rings. The zero-order chi connectivity index (χ0) is 13.0. The summed E-state index contributed by atoms with van der Waals surface area (Å²) < 4.78 is 5.78. The van der Waals surface area contributed by atoms with Crippen molar-refractivity contribution in [2.75, 3.05) is 0 Å². The highest BCUT2D eigenvalue weighted by Crippen LogP contribution is 2.45. The molecule has 2 rings (SSSR count). The summed E-state index contributed by atoms with van der Waals surface area (Å²) in [6.07, 6.45) is 12.7. The molecule has 2 nitrogen and oxygen atoms in total. The molecule has 0 aromatic rings. The molecular formula is C16H26O2. The monoisotopic (exact) mass is 250 g/mol. The minimum absolute atomic E-state index is 0.248. The first-order valence-electron chi connectivity index (χ1n) is 7.51. The first-order valence-corrected chi connectivity index (χ1v) is 7.51. The molecule has 0 N–H and O–H groups in total. The molecule has 0 heterocycles. The van der Waals surface area contributed by atoms with Crippen molar-refractivity contribution in [3.05, 3.63) is 12.7 Å². The van der Waals surface area contributed by atoms with E-state index in [1.165, 1.54) is 57.4 Å². The van der Waals surface area contributed by atoms with Crippen LogP contribution in [0.25, 0.3) is 0 Å². The third-order valence-corrected chi connectivity index (χ3v) is 4.94. The predicted octanol–water partition coefficient (Wildman–Crippen LogP) is 4.24. The Labute approximate surface area is 111 Å². The van der Waals surface area contributed by atoms with Crippen LogP contribution < -0.4 is 0 Å². The van der Waals surface area contributed by atoms with Gasteiger partial charge in [0.25, 0.3) is 0 Å². The van der Waals surface area contributed by atoms with E-state index in [1.807, 2.05) is 0 Å². The van der Waals surface area contributed by atoms with E-state index < -0.39 is 0 Å². The second-order valence-electron chi connectivity index (χ2n) is 6.19. The molecule has 3 unspecified atom stereocenters. The number of ether oxygens (including phenoxy) is 1. The molecule has 18 heavy (non-hydrogen) atoms. The van der Waals surface area contributed by atoms with Crippen LogP contribution in [0.5, 0.6) is 0 Å². The van der Waals surface area contributed by atoms with Gasteiger partial charge in [0.05, 0.1) is 0 Å². The third kappa shape index (κ3) is 2.96. The fraction of sp³-hybridized carbons (Fsp3) is 0.812. The molecular weight excluding hydrogens is 224 g/mol. The van der Waals surface area contributed by atoms with Gasteiger partial charge in [-0.3, -0.25) is 0 Å². The average Bonchev–Trinajstić information content (AvgIpc) is 2.66. The van der Waals surface area contributed by atoms with Crippen LogP contribution in [0.4, 0.5) is 0 Å². The van der Waals surface area contributed by atoms with Crippen LogP contribution in [0.15, 0.2) is 12.7 Å². The lowest BCUT2D eigenvalue weighted by atomic mass is 9.75. The molecule has 0 radical (unpaired) electrons. The van der Waals surface area contributed by atoms with Crippen molar-refractivity contribution in [1.82, 2.24) is 0 Å². The molecule has 2 saturated carbocycles. The van der Waals surface area contributed by atoms with Crippen LogP contribution in [0.2, 0.25) is 0 Å². The average molecular weight is 250 g/mol. The highest BCUT2D eigenvalue weighted by molar-refractivity contribution is 5.81. The fourth-order valence-electron chi connectivity index (χ4n) is 4.00. The molecule has 3 atom stereocenters. The van der Waals surface area contributed by atoms with Gasteiger partial charge in [0, 0.05) is 12.0 Å². The first kappa shape index (κ1) is 13.6. The summed E-state index contributed by atoms with van der Waals surface area (Å²) in [5, 5.41) is 0. The Bertz CT molecular complexity index is 308. The van der Waals surface area contributed by atoms with Gasteiger partial charge in [-0.05, 0) is 32.1 Å². The van der Waals surface area contributed by atoms with Gasteiger partial charge >= 0.3 is 5.97 Å². The number of carbonyl (C=O) groups is 1. The van der Waals surface area contributed by atoms with Gasteiger partial charge in [-0.25, -0.2) is 4.79 Å². The van der Waals surface area contributed by atoms with E-state index in [2.05, 4.69) is 13.5 Å². The van der Waals surface area contributed by atoms with Crippen molar-refractivity contribution in [3.8, 4) is 0 Å². The Hall–Kier alpha value is -0.790. The molecule has 102 valence electrons. The van der Waals surface area contributed by atoms with Crippen molar-refractivity contribution < 1.29 is 9.53 Å². The largest absolute Gasteiger partial charge is 0.456 e. The van der Waals surface area contributed by atoms with Crippen molar-refractivity contribution >= 4 is 5.97 Å². The van der Waals surface area contributed by atoms with Gasteiger partial charge in [-0.2, -0.15) is 0 Å². The number of rotatable bonds is 2. The Morgan fingerprint density at radius 1 is 1.17 bits per heavy atom. The van der Waals surface area contributed by atoms with Crippen LogP contribution in [0.1, 0.15) is 64.7 Å². The van der Waals surface area contributed by atoms with Crippen molar-refractivity contribution in [1.29, 1.82) is 0 Å². The SMILES string of the molecule is C=CC(=O)OC1(C)CCCCC2CCCCCC21. The normalized spacial score (nSPS) is 36.9. The van der Waals surface area contributed by atoms with Gasteiger partial charge in [0.1, 0.15) is 5.60 Å². The Kier molecular flexibility index (Phi) is 4.47. The molecule has 0 aliphatic heterocycles. The number of fused-ring (bicyclic) bond motifs is 1. The van der Waals surface area contributed by atoms with Crippen LogP contribution in [0, 0.1) is 11.8 Å². The quantitative estimate of drug-likeness (QED) is 0.541. The maximum Gasteiger partial charge on any atom is 0.330 e. The summed E-state index contributed by atoms with van der Waals surface area (Å²) >= 11 is 0. The fourth-order valence-corrected chi connectivity index (χ4v) is 4.00. The van der Waals surface area contributed by atoms with E-state index in [0.717, 1.165) is 12.3 Å². The second kappa shape index (κ2) is 5.90. The van der Waals surface area contributed by atoms with Crippen LogP contribution in [-0.2, 0) is 9.53 Å². The Morgan fingerprint density at radius 2 is 1.83 bits per heavy atom. The molecule has 2 heteroatoms. The number of esters is 1. The van der Waals surface area contributed by atoms with E-state index in [9.17, 15) is 4.79 Å². The standard InChI is InChI=1S/C16H26O2/c1-3-15(17)18-16(2)12-8-7-10-13-9-5-4-6-11-14(13)16/h3,13-14H,1,4-12H2,2H3.